The van der Waals surface area contributed by atoms with Gasteiger partial charge in [0.05, 0.1) is 23.4 Å². The van der Waals surface area contributed by atoms with Crippen molar-refractivity contribution in [3.63, 3.8) is 0 Å². The maximum absolute atomic E-state index is 12.6. The molecule has 0 unspecified atom stereocenters. The summed E-state index contributed by atoms with van der Waals surface area (Å²) in [5, 5.41) is 0.352. The Hall–Kier alpha value is -1.95. The molecule has 1 heterocycles. The number of benzene rings is 1. The van der Waals surface area contributed by atoms with Crippen molar-refractivity contribution < 1.29 is 19.1 Å². The fourth-order valence-corrected chi connectivity index (χ4v) is 3.32. The van der Waals surface area contributed by atoms with Crippen LogP contribution in [0.3, 0.4) is 0 Å². The number of hydrogen-bond acceptors (Lipinski definition) is 5. The predicted molar refractivity (Wildman–Crippen MR) is 107 cm³/mol. The number of halogens is 1. The van der Waals surface area contributed by atoms with Gasteiger partial charge in [-0.25, -0.2) is 4.79 Å². The Morgan fingerprint density at radius 2 is 1.89 bits per heavy atom. The summed E-state index contributed by atoms with van der Waals surface area (Å²) in [6, 6.07) is 3.15. The maximum atomic E-state index is 12.6. The van der Waals surface area contributed by atoms with Crippen LogP contribution in [-0.4, -0.2) is 42.6 Å². The molecule has 0 radical (unpaired) electrons. The molecule has 1 fully saturated rings. The Morgan fingerprint density at radius 3 is 2.44 bits per heavy atom. The molecule has 6 nitrogen and oxygen atoms in total. The molecule has 0 spiro atoms. The van der Waals surface area contributed by atoms with Crippen molar-refractivity contribution in [3.8, 4) is 5.75 Å². The van der Waals surface area contributed by atoms with Crippen molar-refractivity contribution in [2.75, 3.05) is 25.9 Å². The molecule has 0 aromatic heterocycles. The smallest absolute Gasteiger partial charge is 0.410 e. The summed E-state index contributed by atoms with van der Waals surface area (Å²) in [7, 11) is 1.51. The van der Waals surface area contributed by atoms with Gasteiger partial charge in [-0.1, -0.05) is 11.6 Å². The number of ketones is 1. The number of rotatable bonds is 5. The van der Waals surface area contributed by atoms with Gasteiger partial charge in [-0.2, -0.15) is 0 Å². The second kappa shape index (κ2) is 8.83. The van der Waals surface area contributed by atoms with Gasteiger partial charge in [-0.15, -0.1) is 0 Å². The number of ether oxygens (including phenoxy) is 2. The van der Waals surface area contributed by atoms with Crippen LogP contribution in [0.5, 0.6) is 5.75 Å². The predicted octanol–water partition coefficient (Wildman–Crippen LogP) is 4.54. The third-order valence-corrected chi connectivity index (χ3v) is 4.99. The number of nitrogen functional groups attached to an aromatic ring is 1. The van der Waals surface area contributed by atoms with Gasteiger partial charge < -0.3 is 20.1 Å². The SMILES string of the molecule is COc1cc(N)c(Cl)cc1C(=O)CCC1CCN(C(=O)OC(C)(C)C)CC1. The van der Waals surface area contributed by atoms with Crippen molar-refractivity contribution in [1.82, 2.24) is 4.90 Å². The first kappa shape index (κ1) is 21.4. The minimum Gasteiger partial charge on any atom is -0.496 e. The molecule has 1 aromatic rings. The normalized spacial score (nSPS) is 15.5. The first-order chi connectivity index (χ1) is 12.6. The van der Waals surface area contributed by atoms with E-state index in [-0.39, 0.29) is 11.9 Å². The van der Waals surface area contributed by atoms with E-state index in [4.69, 9.17) is 26.8 Å². The van der Waals surface area contributed by atoms with E-state index in [0.29, 0.717) is 47.5 Å². The number of Topliss-reactive ketones (excluding diaryl/α,β-unsaturated/α-hetero) is 1. The monoisotopic (exact) mass is 396 g/mol. The average molecular weight is 397 g/mol. The third kappa shape index (κ3) is 6.03. The Kier molecular flexibility index (Phi) is 6.98. The van der Waals surface area contributed by atoms with Gasteiger partial charge in [0, 0.05) is 25.6 Å². The lowest BCUT2D eigenvalue weighted by molar-refractivity contribution is 0.0180. The lowest BCUT2D eigenvalue weighted by atomic mass is 9.90. The van der Waals surface area contributed by atoms with Crippen LogP contribution in [0.25, 0.3) is 0 Å². The number of amides is 1. The van der Waals surface area contributed by atoms with Crippen LogP contribution < -0.4 is 10.5 Å². The van der Waals surface area contributed by atoms with Gasteiger partial charge in [0.2, 0.25) is 0 Å². The second-order valence-electron chi connectivity index (χ2n) is 7.95. The minimum atomic E-state index is -0.486. The summed E-state index contributed by atoms with van der Waals surface area (Å²) in [4.78, 5) is 26.5. The van der Waals surface area contributed by atoms with Gasteiger partial charge in [0.25, 0.3) is 0 Å². The Bertz CT molecular complexity index is 692. The van der Waals surface area contributed by atoms with E-state index in [2.05, 4.69) is 0 Å². The minimum absolute atomic E-state index is 0.0108. The van der Waals surface area contributed by atoms with E-state index in [9.17, 15) is 9.59 Å². The molecule has 150 valence electrons. The summed E-state index contributed by atoms with van der Waals surface area (Å²) < 4.78 is 10.7. The zero-order valence-electron chi connectivity index (χ0n) is 16.5. The molecule has 0 bridgehead atoms. The molecule has 2 rings (SSSR count). The molecule has 0 atom stereocenters. The number of nitrogens with two attached hydrogens (primary N) is 1. The van der Waals surface area contributed by atoms with Crippen LogP contribution in [0.4, 0.5) is 10.5 Å². The number of anilines is 1. The summed E-state index contributed by atoms with van der Waals surface area (Å²) in [5.74, 6) is 0.841. The van der Waals surface area contributed by atoms with Crippen molar-refractivity contribution in [3.05, 3.63) is 22.7 Å². The lowest BCUT2D eigenvalue weighted by Gasteiger charge is -2.33. The van der Waals surface area contributed by atoms with E-state index >= 15 is 0 Å². The van der Waals surface area contributed by atoms with Crippen LogP contribution in [-0.2, 0) is 4.74 Å². The molecule has 0 saturated carbocycles. The molecule has 1 amide bonds. The molecule has 0 aliphatic carbocycles. The summed E-state index contributed by atoms with van der Waals surface area (Å²) >= 11 is 6.05. The Morgan fingerprint density at radius 1 is 1.26 bits per heavy atom. The Labute approximate surface area is 165 Å². The van der Waals surface area contributed by atoms with Gasteiger partial charge >= 0.3 is 6.09 Å². The van der Waals surface area contributed by atoms with Gasteiger partial charge in [-0.05, 0) is 52.0 Å². The van der Waals surface area contributed by atoms with Crippen LogP contribution in [0, 0.1) is 5.92 Å². The molecular weight excluding hydrogens is 368 g/mol. The standard InChI is InChI=1S/C20H29ClN2O4/c1-20(2,3)27-19(25)23-9-7-13(8-10-23)5-6-17(24)14-11-15(21)16(22)12-18(14)26-4/h11-13H,5-10,22H2,1-4H3. The van der Waals surface area contributed by atoms with Gasteiger partial charge in [0.1, 0.15) is 11.4 Å². The largest absolute Gasteiger partial charge is 0.496 e. The van der Waals surface area contributed by atoms with E-state index < -0.39 is 5.60 Å². The van der Waals surface area contributed by atoms with Crippen LogP contribution in [0.1, 0.15) is 56.8 Å². The Balaban J connectivity index is 1.86. The molecule has 1 aliphatic heterocycles. The molecule has 2 N–H and O–H groups in total. The van der Waals surface area contributed by atoms with E-state index in [1.165, 1.54) is 7.11 Å². The first-order valence-electron chi connectivity index (χ1n) is 9.25. The molecule has 1 saturated heterocycles. The van der Waals surface area contributed by atoms with Crippen LogP contribution in [0.2, 0.25) is 5.02 Å². The number of methoxy groups -OCH3 is 1. The summed E-state index contributed by atoms with van der Waals surface area (Å²) in [6.07, 6.45) is 2.65. The maximum Gasteiger partial charge on any atom is 0.410 e. The quantitative estimate of drug-likeness (QED) is 0.583. The molecule has 27 heavy (non-hydrogen) atoms. The number of carbonyl (C=O) groups is 2. The lowest BCUT2D eigenvalue weighted by Crippen LogP contribution is -2.41. The van der Waals surface area contributed by atoms with Crippen molar-refractivity contribution >= 4 is 29.2 Å². The van der Waals surface area contributed by atoms with Crippen molar-refractivity contribution in [1.29, 1.82) is 0 Å². The number of nitrogens with zero attached hydrogens (tertiary/aromatic N) is 1. The number of hydrogen-bond donors (Lipinski definition) is 1. The van der Waals surface area contributed by atoms with E-state index in [1.807, 2.05) is 20.8 Å². The average Bonchev–Trinajstić information content (AvgIpc) is 2.60. The summed E-state index contributed by atoms with van der Waals surface area (Å²) in [5.41, 5.74) is 6.13. The number of carbonyl (C=O) groups excluding carboxylic acids is 2. The highest BCUT2D eigenvalue weighted by Crippen LogP contribution is 2.31. The van der Waals surface area contributed by atoms with Gasteiger partial charge in [0.15, 0.2) is 5.78 Å². The summed E-state index contributed by atoms with van der Waals surface area (Å²) in [6.45, 7) is 6.90. The second-order valence-corrected chi connectivity index (χ2v) is 8.35. The zero-order valence-corrected chi connectivity index (χ0v) is 17.3. The molecule has 1 aliphatic rings. The van der Waals surface area contributed by atoms with Gasteiger partial charge in [-0.3, -0.25) is 4.79 Å². The fraction of sp³-hybridized carbons (Fsp3) is 0.600. The topological polar surface area (TPSA) is 81.9 Å². The fourth-order valence-electron chi connectivity index (χ4n) is 3.16. The van der Waals surface area contributed by atoms with E-state index in [1.54, 1.807) is 17.0 Å². The first-order valence-corrected chi connectivity index (χ1v) is 9.62. The van der Waals surface area contributed by atoms with Crippen LogP contribution >= 0.6 is 11.6 Å². The highest BCUT2D eigenvalue weighted by Gasteiger charge is 2.27. The highest BCUT2D eigenvalue weighted by molar-refractivity contribution is 6.33. The van der Waals surface area contributed by atoms with Crippen molar-refractivity contribution in [2.45, 2.75) is 52.1 Å². The molecular formula is C20H29ClN2O4. The zero-order chi connectivity index (χ0) is 20.2. The number of piperidine rings is 1. The molecule has 1 aromatic carbocycles. The van der Waals surface area contributed by atoms with E-state index in [0.717, 1.165) is 19.3 Å². The molecule has 7 heteroatoms. The van der Waals surface area contributed by atoms with Crippen molar-refractivity contribution in [2.24, 2.45) is 5.92 Å². The number of likely N-dealkylation sites (tertiary alicyclic amines) is 1. The third-order valence-electron chi connectivity index (χ3n) is 4.67. The van der Waals surface area contributed by atoms with Crippen LogP contribution in [0.15, 0.2) is 12.1 Å². The highest BCUT2D eigenvalue weighted by atomic mass is 35.5.